The summed E-state index contributed by atoms with van der Waals surface area (Å²) in [5, 5.41) is 6.05. The van der Waals surface area contributed by atoms with Gasteiger partial charge in [-0.15, -0.1) is 0 Å². The Balaban J connectivity index is 1.83. The number of rotatable bonds is 6. The van der Waals surface area contributed by atoms with Crippen LogP contribution in [0.4, 0.5) is 5.69 Å². The fraction of sp³-hybridized carbons (Fsp3) is 0.562. The van der Waals surface area contributed by atoms with E-state index in [-0.39, 0.29) is 11.9 Å². The Hall–Kier alpha value is -1.59. The molecule has 21 heavy (non-hydrogen) atoms. The molecule has 0 bridgehead atoms. The van der Waals surface area contributed by atoms with E-state index in [4.69, 9.17) is 4.74 Å². The van der Waals surface area contributed by atoms with Gasteiger partial charge in [0.2, 0.25) is 5.91 Å². The fourth-order valence-electron chi connectivity index (χ4n) is 2.34. The van der Waals surface area contributed by atoms with Crippen LogP contribution in [0.1, 0.15) is 19.4 Å². The number of morpholine rings is 1. The minimum Gasteiger partial charge on any atom is -0.378 e. The highest BCUT2D eigenvalue weighted by molar-refractivity contribution is 5.81. The van der Waals surface area contributed by atoms with Crippen molar-refractivity contribution in [1.29, 1.82) is 0 Å². The fourth-order valence-corrected chi connectivity index (χ4v) is 2.34. The lowest BCUT2D eigenvalue weighted by molar-refractivity contribution is -0.122. The second-order valence-corrected chi connectivity index (χ2v) is 5.26. The molecular formula is C16H25N3O2. The lowest BCUT2D eigenvalue weighted by Gasteiger charge is -2.29. The van der Waals surface area contributed by atoms with Crippen molar-refractivity contribution in [2.24, 2.45) is 0 Å². The third-order valence-corrected chi connectivity index (χ3v) is 3.67. The summed E-state index contributed by atoms with van der Waals surface area (Å²) in [5.41, 5.74) is 2.42. The Kier molecular flexibility index (Phi) is 6.02. The Morgan fingerprint density at radius 1 is 1.29 bits per heavy atom. The average molecular weight is 291 g/mol. The topological polar surface area (TPSA) is 53.6 Å². The third-order valence-electron chi connectivity index (χ3n) is 3.67. The van der Waals surface area contributed by atoms with Gasteiger partial charge in [-0.2, -0.15) is 0 Å². The molecule has 2 N–H and O–H groups in total. The summed E-state index contributed by atoms with van der Waals surface area (Å²) >= 11 is 0. The van der Waals surface area contributed by atoms with E-state index in [2.05, 4.69) is 39.8 Å². The van der Waals surface area contributed by atoms with Crippen LogP contribution in [0.25, 0.3) is 0 Å². The molecule has 0 saturated carbocycles. The zero-order valence-corrected chi connectivity index (χ0v) is 12.9. The van der Waals surface area contributed by atoms with Crippen molar-refractivity contribution in [2.45, 2.75) is 26.4 Å². The number of carbonyl (C=O) groups is 1. The van der Waals surface area contributed by atoms with Crippen molar-refractivity contribution in [3.8, 4) is 0 Å². The van der Waals surface area contributed by atoms with Crippen molar-refractivity contribution in [1.82, 2.24) is 10.6 Å². The molecule has 1 unspecified atom stereocenters. The predicted molar refractivity (Wildman–Crippen MR) is 84.5 cm³/mol. The van der Waals surface area contributed by atoms with Gasteiger partial charge in [0.1, 0.15) is 0 Å². The largest absolute Gasteiger partial charge is 0.378 e. The summed E-state index contributed by atoms with van der Waals surface area (Å²) in [4.78, 5) is 14.0. The SMILES string of the molecule is CCNC(=O)C(C)NCc1ccc(N2CCOCC2)cc1. The minimum atomic E-state index is -0.177. The van der Waals surface area contributed by atoms with Gasteiger partial charge < -0.3 is 20.3 Å². The summed E-state index contributed by atoms with van der Waals surface area (Å²) < 4.78 is 5.36. The first-order valence-corrected chi connectivity index (χ1v) is 7.63. The molecule has 0 radical (unpaired) electrons. The quantitative estimate of drug-likeness (QED) is 0.825. The molecule has 1 heterocycles. The molecule has 0 spiro atoms. The van der Waals surface area contributed by atoms with E-state index in [1.807, 2.05) is 13.8 Å². The maximum absolute atomic E-state index is 11.6. The number of benzene rings is 1. The number of ether oxygens (including phenoxy) is 1. The highest BCUT2D eigenvalue weighted by atomic mass is 16.5. The van der Waals surface area contributed by atoms with Crippen LogP contribution in [0.3, 0.4) is 0 Å². The lowest BCUT2D eigenvalue weighted by atomic mass is 10.1. The maximum atomic E-state index is 11.6. The first-order valence-electron chi connectivity index (χ1n) is 7.63. The predicted octanol–water partition coefficient (Wildman–Crippen LogP) is 1.14. The van der Waals surface area contributed by atoms with Crippen molar-refractivity contribution in [3.05, 3.63) is 29.8 Å². The van der Waals surface area contributed by atoms with Gasteiger partial charge in [0.05, 0.1) is 19.3 Å². The van der Waals surface area contributed by atoms with Crippen LogP contribution in [0.15, 0.2) is 24.3 Å². The van der Waals surface area contributed by atoms with E-state index in [0.29, 0.717) is 13.1 Å². The van der Waals surface area contributed by atoms with Crippen LogP contribution in [-0.4, -0.2) is 44.8 Å². The molecule has 1 atom stereocenters. The van der Waals surface area contributed by atoms with Crippen LogP contribution in [0, 0.1) is 0 Å². The van der Waals surface area contributed by atoms with Gasteiger partial charge in [-0.05, 0) is 31.5 Å². The third kappa shape index (κ3) is 4.72. The molecule has 1 aliphatic heterocycles. The maximum Gasteiger partial charge on any atom is 0.236 e. The molecule has 1 aromatic carbocycles. The molecule has 1 aromatic rings. The normalized spacial score (nSPS) is 16.6. The number of hydrogen-bond acceptors (Lipinski definition) is 4. The second-order valence-electron chi connectivity index (χ2n) is 5.26. The molecule has 1 fully saturated rings. The second kappa shape index (κ2) is 8.00. The zero-order valence-electron chi connectivity index (χ0n) is 12.9. The van der Waals surface area contributed by atoms with Crippen LogP contribution in [0.2, 0.25) is 0 Å². The Morgan fingerprint density at radius 2 is 1.95 bits per heavy atom. The smallest absolute Gasteiger partial charge is 0.236 e. The van der Waals surface area contributed by atoms with Gasteiger partial charge in [0.25, 0.3) is 0 Å². The lowest BCUT2D eigenvalue weighted by Crippen LogP contribution is -2.41. The highest BCUT2D eigenvalue weighted by Crippen LogP contribution is 2.16. The number of amides is 1. The number of nitrogens with zero attached hydrogens (tertiary/aromatic N) is 1. The van der Waals surface area contributed by atoms with E-state index in [1.54, 1.807) is 0 Å². The molecule has 5 heteroatoms. The standard InChI is InChI=1S/C16H25N3O2/c1-3-17-16(20)13(2)18-12-14-4-6-15(7-5-14)19-8-10-21-11-9-19/h4-7,13,18H,3,8-12H2,1-2H3,(H,17,20). The molecular weight excluding hydrogens is 266 g/mol. The molecule has 0 aliphatic carbocycles. The van der Waals surface area contributed by atoms with Crippen LogP contribution >= 0.6 is 0 Å². The summed E-state index contributed by atoms with van der Waals surface area (Å²) in [6.07, 6.45) is 0. The molecule has 1 saturated heterocycles. The summed E-state index contributed by atoms with van der Waals surface area (Å²) in [5.74, 6) is 0.0439. The van der Waals surface area contributed by atoms with E-state index < -0.39 is 0 Å². The molecule has 116 valence electrons. The summed E-state index contributed by atoms with van der Waals surface area (Å²) in [6, 6.07) is 8.33. The molecule has 2 rings (SSSR count). The zero-order chi connectivity index (χ0) is 15.1. The van der Waals surface area contributed by atoms with Crippen molar-refractivity contribution < 1.29 is 9.53 Å². The molecule has 1 amide bonds. The van der Waals surface area contributed by atoms with Crippen molar-refractivity contribution in [3.63, 3.8) is 0 Å². The van der Waals surface area contributed by atoms with Crippen LogP contribution < -0.4 is 15.5 Å². The minimum absolute atomic E-state index is 0.0439. The van der Waals surface area contributed by atoms with Gasteiger partial charge >= 0.3 is 0 Å². The highest BCUT2D eigenvalue weighted by Gasteiger charge is 2.12. The van der Waals surface area contributed by atoms with Crippen molar-refractivity contribution >= 4 is 11.6 Å². The summed E-state index contributed by atoms with van der Waals surface area (Å²) in [7, 11) is 0. The Bertz CT molecular complexity index is 441. The van der Waals surface area contributed by atoms with E-state index in [0.717, 1.165) is 26.3 Å². The number of anilines is 1. The van der Waals surface area contributed by atoms with E-state index >= 15 is 0 Å². The van der Waals surface area contributed by atoms with Crippen LogP contribution in [-0.2, 0) is 16.1 Å². The monoisotopic (exact) mass is 291 g/mol. The van der Waals surface area contributed by atoms with Crippen molar-refractivity contribution in [2.75, 3.05) is 37.7 Å². The van der Waals surface area contributed by atoms with Gasteiger partial charge in [0.15, 0.2) is 0 Å². The Morgan fingerprint density at radius 3 is 2.57 bits per heavy atom. The number of nitrogens with one attached hydrogen (secondary N) is 2. The molecule has 1 aliphatic rings. The number of carbonyl (C=O) groups excluding carboxylic acids is 1. The number of hydrogen-bond donors (Lipinski definition) is 2. The van der Waals surface area contributed by atoms with E-state index in [1.165, 1.54) is 11.3 Å². The van der Waals surface area contributed by atoms with Crippen LogP contribution in [0.5, 0.6) is 0 Å². The van der Waals surface area contributed by atoms with Gasteiger partial charge in [-0.25, -0.2) is 0 Å². The number of likely N-dealkylation sites (N-methyl/N-ethyl adjacent to an activating group) is 1. The molecule has 0 aromatic heterocycles. The Labute approximate surface area is 126 Å². The van der Waals surface area contributed by atoms with E-state index in [9.17, 15) is 4.79 Å². The molecule has 5 nitrogen and oxygen atoms in total. The first-order chi connectivity index (χ1) is 10.2. The van der Waals surface area contributed by atoms with Gasteiger partial charge in [-0.1, -0.05) is 12.1 Å². The average Bonchev–Trinajstić information content (AvgIpc) is 2.54. The summed E-state index contributed by atoms with van der Waals surface area (Å²) in [6.45, 7) is 8.67. The van der Waals surface area contributed by atoms with Gasteiger partial charge in [-0.3, -0.25) is 4.79 Å². The first kappa shape index (κ1) is 15.8. The van der Waals surface area contributed by atoms with Gasteiger partial charge in [0, 0.05) is 31.9 Å².